The Hall–Kier alpha value is -3.04. The summed E-state index contributed by atoms with van der Waals surface area (Å²) in [6, 6.07) is 12.7. The van der Waals surface area contributed by atoms with Gasteiger partial charge >= 0.3 is 5.97 Å². The number of hydrogen-bond donors (Lipinski definition) is 1. The van der Waals surface area contributed by atoms with Crippen molar-refractivity contribution in [1.29, 1.82) is 0 Å². The van der Waals surface area contributed by atoms with Crippen LogP contribution in [0.15, 0.2) is 59.8 Å². The number of hydrogen-bond acceptors (Lipinski definition) is 7. The molecule has 0 atom stereocenters. The van der Waals surface area contributed by atoms with Crippen LogP contribution in [0.25, 0.3) is 10.8 Å². The molecule has 2 aromatic carbocycles. The molecule has 1 aliphatic heterocycles. The van der Waals surface area contributed by atoms with E-state index in [0.717, 1.165) is 10.8 Å². The van der Waals surface area contributed by atoms with Gasteiger partial charge in [-0.3, -0.25) is 0 Å². The predicted molar refractivity (Wildman–Crippen MR) is 117 cm³/mol. The number of aromatic nitrogens is 2. The summed E-state index contributed by atoms with van der Waals surface area (Å²) in [5.74, 6) is 0.0692. The molecule has 1 N–H and O–H groups in total. The van der Waals surface area contributed by atoms with Crippen LogP contribution in [0.3, 0.4) is 0 Å². The van der Waals surface area contributed by atoms with E-state index >= 15 is 0 Å². The minimum absolute atomic E-state index is 0.161. The van der Waals surface area contributed by atoms with Gasteiger partial charge in [0.05, 0.1) is 17.1 Å². The van der Waals surface area contributed by atoms with Crippen LogP contribution < -0.4 is 9.62 Å². The Morgan fingerprint density at radius 2 is 1.77 bits per heavy atom. The first-order valence-electron chi connectivity index (χ1n) is 10.2. The van der Waals surface area contributed by atoms with E-state index < -0.39 is 16.0 Å². The summed E-state index contributed by atoms with van der Waals surface area (Å²) in [7, 11) is -3.61. The summed E-state index contributed by atoms with van der Waals surface area (Å²) in [6.07, 6.45) is 4.18. The number of carbonyl (C=O) groups excluding carboxylic acids is 1. The van der Waals surface area contributed by atoms with Gasteiger partial charge in [0, 0.05) is 31.5 Å². The lowest BCUT2D eigenvalue weighted by Crippen LogP contribution is -2.45. The summed E-state index contributed by atoms with van der Waals surface area (Å²) in [5.41, 5.74) is 0.309. The molecule has 0 bridgehead atoms. The summed E-state index contributed by atoms with van der Waals surface area (Å²) in [4.78, 5) is 22.5. The Morgan fingerprint density at radius 3 is 2.45 bits per heavy atom. The highest BCUT2D eigenvalue weighted by molar-refractivity contribution is 7.89. The van der Waals surface area contributed by atoms with Gasteiger partial charge in [-0.15, -0.1) is 0 Å². The second-order valence-corrected chi connectivity index (χ2v) is 9.10. The molecule has 2 heterocycles. The fraction of sp³-hybridized carbons (Fsp3) is 0.318. The van der Waals surface area contributed by atoms with Gasteiger partial charge in [-0.05, 0) is 42.7 Å². The lowest BCUT2D eigenvalue weighted by molar-refractivity contribution is 0.0525. The third-order valence-corrected chi connectivity index (χ3v) is 6.80. The molecule has 31 heavy (non-hydrogen) atoms. The van der Waals surface area contributed by atoms with Crippen LogP contribution in [0.4, 0.5) is 5.95 Å². The fourth-order valence-electron chi connectivity index (χ4n) is 3.62. The van der Waals surface area contributed by atoms with E-state index in [9.17, 15) is 13.2 Å². The highest BCUT2D eigenvalue weighted by Gasteiger charge is 2.26. The predicted octanol–water partition coefficient (Wildman–Crippen LogP) is 2.75. The van der Waals surface area contributed by atoms with Crippen LogP contribution in [0.5, 0.6) is 0 Å². The Kier molecular flexibility index (Phi) is 6.15. The average molecular weight is 441 g/mol. The van der Waals surface area contributed by atoms with Gasteiger partial charge in [0.25, 0.3) is 0 Å². The zero-order chi connectivity index (χ0) is 21.8. The van der Waals surface area contributed by atoms with Gasteiger partial charge in [-0.25, -0.2) is 27.9 Å². The highest BCUT2D eigenvalue weighted by Crippen LogP contribution is 2.21. The van der Waals surface area contributed by atoms with E-state index in [1.165, 1.54) is 12.4 Å². The lowest BCUT2D eigenvalue weighted by Gasteiger charge is -2.32. The van der Waals surface area contributed by atoms with E-state index in [1.54, 1.807) is 19.1 Å². The first kappa shape index (κ1) is 21.2. The molecule has 1 aliphatic rings. The van der Waals surface area contributed by atoms with Crippen LogP contribution in [0.1, 0.15) is 30.1 Å². The number of fused-ring (bicyclic) bond motifs is 1. The number of ether oxygens (including phenoxy) is 1. The van der Waals surface area contributed by atoms with E-state index in [-0.39, 0.29) is 10.9 Å². The molecule has 0 radical (unpaired) electrons. The number of carbonyl (C=O) groups is 1. The molecule has 1 fully saturated rings. The maximum Gasteiger partial charge on any atom is 0.341 e. The van der Waals surface area contributed by atoms with E-state index in [1.807, 2.05) is 35.2 Å². The standard InChI is InChI=1S/C22H24N4O4S/c1-2-30-21(27)18-14-23-22(24-15-18)26-11-9-19(10-12-26)25-31(28,29)20-8-7-16-5-3-4-6-17(16)13-20/h3-8,13-15,19,25H,2,9-12H2,1H3. The maximum absolute atomic E-state index is 12.9. The number of rotatable bonds is 6. The van der Waals surface area contributed by atoms with Crippen molar-refractivity contribution in [3.63, 3.8) is 0 Å². The highest BCUT2D eigenvalue weighted by atomic mass is 32.2. The molecule has 0 aliphatic carbocycles. The fourth-order valence-corrected chi connectivity index (χ4v) is 4.96. The maximum atomic E-state index is 12.9. The summed E-state index contributed by atoms with van der Waals surface area (Å²) < 4.78 is 33.5. The van der Waals surface area contributed by atoms with Gasteiger partial charge in [-0.1, -0.05) is 30.3 Å². The Morgan fingerprint density at radius 1 is 1.10 bits per heavy atom. The van der Waals surface area contributed by atoms with Crippen molar-refractivity contribution in [3.05, 3.63) is 60.4 Å². The number of nitrogens with one attached hydrogen (secondary N) is 1. The zero-order valence-electron chi connectivity index (χ0n) is 17.2. The average Bonchev–Trinajstić information content (AvgIpc) is 2.79. The summed E-state index contributed by atoms with van der Waals surface area (Å²) in [5, 5.41) is 1.90. The minimum atomic E-state index is -3.61. The molecule has 0 amide bonds. The van der Waals surface area contributed by atoms with Gasteiger partial charge in [0.15, 0.2) is 0 Å². The van der Waals surface area contributed by atoms with E-state index in [0.29, 0.717) is 44.0 Å². The van der Waals surface area contributed by atoms with E-state index in [2.05, 4.69) is 14.7 Å². The molecular weight excluding hydrogens is 416 g/mol. The zero-order valence-corrected chi connectivity index (χ0v) is 18.0. The second kappa shape index (κ2) is 8.99. The smallest absolute Gasteiger partial charge is 0.341 e. The molecule has 0 spiro atoms. The summed E-state index contributed by atoms with van der Waals surface area (Å²) in [6.45, 7) is 3.27. The molecule has 162 valence electrons. The number of nitrogens with zero attached hydrogens (tertiary/aromatic N) is 3. The second-order valence-electron chi connectivity index (χ2n) is 7.38. The topological polar surface area (TPSA) is 101 Å². The van der Waals surface area contributed by atoms with Crippen LogP contribution in [-0.2, 0) is 14.8 Å². The van der Waals surface area contributed by atoms with Crippen molar-refractivity contribution in [2.24, 2.45) is 0 Å². The van der Waals surface area contributed by atoms with E-state index in [4.69, 9.17) is 4.74 Å². The van der Waals surface area contributed by atoms with Crippen LogP contribution >= 0.6 is 0 Å². The molecule has 0 unspecified atom stereocenters. The SMILES string of the molecule is CCOC(=O)c1cnc(N2CCC(NS(=O)(=O)c3ccc4ccccc4c3)CC2)nc1. The number of benzene rings is 2. The molecule has 3 aromatic rings. The van der Waals surface area contributed by atoms with Crippen molar-refractivity contribution in [2.75, 3.05) is 24.6 Å². The molecule has 8 nitrogen and oxygen atoms in total. The molecular formula is C22H24N4O4S. The number of esters is 1. The molecule has 1 saturated heterocycles. The van der Waals surface area contributed by atoms with Gasteiger partial charge in [0.1, 0.15) is 0 Å². The number of piperidine rings is 1. The first-order chi connectivity index (χ1) is 15.0. The van der Waals surface area contributed by atoms with Gasteiger partial charge < -0.3 is 9.64 Å². The molecule has 4 rings (SSSR count). The van der Waals surface area contributed by atoms with Gasteiger partial charge in [0.2, 0.25) is 16.0 Å². The van der Waals surface area contributed by atoms with Crippen molar-refractivity contribution in [2.45, 2.75) is 30.7 Å². The van der Waals surface area contributed by atoms with Crippen LogP contribution in [0, 0.1) is 0 Å². The Labute approximate surface area is 181 Å². The van der Waals surface area contributed by atoms with Crippen molar-refractivity contribution < 1.29 is 17.9 Å². The Balaban J connectivity index is 1.37. The Bertz CT molecular complexity index is 1170. The molecule has 1 aromatic heterocycles. The van der Waals surface area contributed by atoms with Gasteiger partial charge in [-0.2, -0.15) is 0 Å². The number of sulfonamides is 1. The number of anilines is 1. The van der Waals surface area contributed by atoms with Crippen molar-refractivity contribution in [1.82, 2.24) is 14.7 Å². The quantitative estimate of drug-likeness (QED) is 0.588. The van der Waals surface area contributed by atoms with Crippen LogP contribution in [-0.4, -0.2) is 50.1 Å². The molecule has 9 heteroatoms. The molecule has 0 saturated carbocycles. The lowest BCUT2D eigenvalue weighted by atomic mass is 10.1. The minimum Gasteiger partial charge on any atom is -0.462 e. The van der Waals surface area contributed by atoms with Crippen molar-refractivity contribution >= 4 is 32.7 Å². The third kappa shape index (κ3) is 4.83. The summed E-state index contributed by atoms with van der Waals surface area (Å²) >= 11 is 0. The normalized spacial score (nSPS) is 15.2. The van der Waals surface area contributed by atoms with Crippen molar-refractivity contribution in [3.8, 4) is 0 Å². The monoisotopic (exact) mass is 440 g/mol. The van der Waals surface area contributed by atoms with Crippen LogP contribution in [0.2, 0.25) is 0 Å². The third-order valence-electron chi connectivity index (χ3n) is 5.28. The largest absolute Gasteiger partial charge is 0.462 e. The first-order valence-corrected chi connectivity index (χ1v) is 11.7.